The van der Waals surface area contributed by atoms with Crippen molar-refractivity contribution < 1.29 is 44.3 Å². The number of carboxylic acids is 3. The topological polar surface area (TPSA) is 174 Å². The van der Waals surface area contributed by atoms with Crippen LogP contribution in [-0.2, 0) is 16.0 Å². The lowest BCUT2D eigenvalue weighted by Gasteiger charge is -2.25. The Balaban J connectivity index is 1.40. The van der Waals surface area contributed by atoms with Gasteiger partial charge >= 0.3 is 23.8 Å². The number of amides is 1. The first-order valence-corrected chi connectivity index (χ1v) is 14.4. The predicted molar refractivity (Wildman–Crippen MR) is 168 cm³/mol. The molecule has 4 aromatic rings. The summed E-state index contributed by atoms with van der Waals surface area (Å²) in [5.41, 5.74) is 0.769. The third-order valence-electron chi connectivity index (χ3n) is 7.38. The highest BCUT2D eigenvalue weighted by Crippen LogP contribution is 2.36. The van der Waals surface area contributed by atoms with Gasteiger partial charge in [-0.25, -0.2) is 14.4 Å². The smallest absolute Gasteiger partial charge is 0.395 e. The molecule has 1 amide bonds. The van der Waals surface area contributed by atoms with E-state index < -0.39 is 23.8 Å². The number of carbonyl (C=O) groups excluding carboxylic acids is 1. The van der Waals surface area contributed by atoms with Crippen LogP contribution in [0.5, 0.6) is 11.5 Å². The lowest BCUT2D eigenvalue weighted by molar-refractivity contribution is -0.148. The Morgan fingerprint density at radius 2 is 1.51 bits per heavy atom. The minimum Gasteiger partial charge on any atom is -0.507 e. The molecule has 11 heteroatoms. The maximum Gasteiger partial charge on any atom is 0.395 e. The monoisotopic (exact) mass is 614 g/mol. The standard InChI is InChI=1S/C34H34N2O9/c1-21(35-19-6-7-20-45-29-14-8-13-28(37)30(29)33(41)42)15-16-22-17-18-27(24-10-3-2-9-23(22)24)36(31(38)34(43)44)26-12-5-4-11-25(26)32(39)40/h2-5,8-14,17-18,21,35,37H,6-7,15-16,19-20H2,1H3,(H,39,40)(H,41,42)(H,43,44). The summed E-state index contributed by atoms with van der Waals surface area (Å²) in [7, 11) is 0. The van der Waals surface area contributed by atoms with Gasteiger partial charge in [0.15, 0.2) is 0 Å². The van der Waals surface area contributed by atoms with Crippen LogP contribution >= 0.6 is 0 Å². The average molecular weight is 615 g/mol. The van der Waals surface area contributed by atoms with Gasteiger partial charge in [0, 0.05) is 11.4 Å². The number of rotatable bonds is 14. The number of aliphatic carboxylic acids is 1. The van der Waals surface area contributed by atoms with Crippen LogP contribution in [0.4, 0.5) is 11.4 Å². The molecule has 45 heavy (non-hydrogen) atoms. The van der Waals surface area contributed by atoms with Crippen molar-refractivity contribution >= 4 is 46.0 Å². The second kappa shape index (κ2) is 14.8. The van der Waals surface area contributed by atoms with Gasteiger partial charge in [-0.05, 0) is 80.4 Å². The third-order valence-corrected chi connectivity index (χ3v) is 7.38. The van der Waals surface area contributed by atoms with E-state index in [4.69, 9.17) is 4.74 Å². The molecule has 0 spiro atoms. The van der Waals surface area contributed by atoms with Crippen molar-refractivity contribution in [1.29, 1.82) is 0 Å². The summed E-state index contributed by atoms with van der Waals surface area (Å²) in [6.07, 6.45) is 2.93. The third kappa shape index (κ3) is 7.76. The Morgan fingerprint density at radius 3 is 2.22 bits per heavy atom. The van der Waals surface area contributed by atoms with Crippen LogP contribution in [0, 0.1) is 0 Å². The molecule has 4 aromatic carbocycles. The molecule has 4 rings (SSSR count). The van der Waals surface area contributed by atoms with E-state index in [0.717, 1.165) is 28.7 Å². The Morgan fingerprint density at radius 1 is 0.800 bits per heavy atom. The fraction of sp³-hybridized carbons (Fsp3) is 0.235. The van der Waals surface area contributed by atoms with E-state index in [-0.39, 0.29) is 40.0 Å². The van der Waals surface area contributed by atoms with Crippen molar-refractivity contribution in [2.45, 2.75) is 38.6 Å². The number of fused-ring (bicyclic) bond motifs is 1. The molecule has 0 saturated carbocycles. The minimum atomic E-state index is -1.71. The lowest BCUT2D eigenvalue weighted by Crippen LogP contribution is -2.33. The molecule has 0 saturated heterocycles. The minimum absolute atomic E-state index is 0.0391. The van der Waals surface area contributed by atoms with Crippen LogP contribution in [0.3, 0.4) is 0 Å². The number of aryl methyl sites for hydroxylation is 1. The highest BCUT2D eigenvalue weighted by molar-refractivity contribution is 6.40. The van der Waals surface area contributed by atoms with E-state index >= 15 is 0 Å². The Bertz CT molecular complexity index is 1720. The van der Waals surface area contributed by atoms with Crippen LogP contribution in [0.2, 0.25) is 0 Å². The number of nitrogens with one attached hydrogen (secondary N) is 1. The second-order valence-electron chi connectivity index (χ2n) is 10.5. The molecule has 1 atom stereocenters. The number of anilines is 2. The number of para-hydroxylation sites is 1. The predicted octanol–water partition coefficient (Wildman–Crippen LogP) is 5.46. The van der Waals surface area contributed by atoms with E-state index in [1.54, 1.807) is 24.3 Å². The highest BCUT2D eigenvalue weighted by atomic mass is 16.5. The number of hydrogen-bond donors (Lipinski definition) is 5. The zero-order valence-electron chi connectivity index (χ0n) is 24.6. The fourth-order valence-electron chi connectivity index (χ4n) is 5.14. The van der Waals surface area contributed by atoms with Crippen molar-refractivity contribution in [3.05, 3.63) is 95.6 Å². The number of unbranched alkanes of at least 4 members (excludes halogenated alkanes) is 1. The van der Waals surface area contributed by atoms with Gasteiger partial charge in [0.25, 0.3) is 0 Å². The molecule has 0 aromatic heterocycles. The molecule has 0 aliphatic carbocycles. The van der Waals surface area contributed by atoms with Gasteiger partial charge in [-0.15, -0.1) is 0 Å². The van der Waals surface area contributed by atoms with E-state index in [2.05, 4.69) is 12.2 Å². The quantitative estimate of drug-likeness (QED) is 0.0906. The molecule has 234 valence electrons. The van der Waals surface area contributed by atoms with Crippen molar-refractivity contribution in [2.24, 2.45) is 0 Å². The summed E-state index contributed by atoms with van der Waals surface area (Å²) >= 11 is 0. The summed E-state index contributed by atoms with van der Waals surface area (Å²) in [4.78, 5) is 49.0. The molecular weight excluding hydrogens is 580 g/mol. The zero-order valence-corrected chi connectivity index (χ0v) is 24.6. The van der Waals surface area contributed by atoms with E-state index in [1.807, 2.05) is 18.2 Å². The molecule has 1 unspecified atom stereocenters. The van der Waals surface area contributed by atoms with E-state index in [0.29, 0.717) is 31.4 Å². The largest absolute Gasteiger partial charge is 0.507 e. The molecule has 11 nitrogen and oxygen atoms in total. The molecule has 0 heterocycles. The molecule has 0 aliphatic heterocycles. The van der Waals surface area contributed by atoms with Crippen molar-refractivity contribution in [3.63, 3.8) is 0 Å². The number of nitrogens with zero attached hydrogens (tertiary/aromatic N) is 1. The molecule has 0 aliphatic rings. The highest BCUT2D eigenvalue weighted by Gasteiger charge is 2.29. The number of ether oxygens (including phenoxy) is 1. The normalized spacial score (nSPS) is 11.6. The average Bonchev–Trinajstić information content (AvgIpc) is 3.02. The maximum absolute atomic E-state index is 12.9. The summed E-state index contributed by atoms with van der Waals surface area (Å²) in [6.45, 7) is 3.08. The van der Waals surface area contributed by atoms with Crippen molar-refractivity contribution in [3.8, 4) is 11.5 Å². The van der Waals surface area contributed by atoms with Crippen LogP contribution < -0.4 is 15.0 Å². The SMILES string of the molecule is CC(CCc1ccc(N(C(=O)C(=O)O)c2ccccc2C(=O)O)c2ccccc12)NCCCCOc1cccc(O)c1C(=O)O. The van der Waals surface area contributed by atoms with Gasteiger partial charge in [-0.3, -0.25) is 9.69 Å². The van der Waals surface area contributed by atoms with E-state index in [1.165, 1.54) is 36.4 Å². The van der Waals surface area contributed by atoms with Gasteiger partial charge in [0.1, 0.15) is 17.1 Å². The lowest BCUT2D eigenvalue weighted by atomic mass is 9.97. The number of carboxylic acid groups (broad SMARTS) is 3. The second-order valence-corrected chi connectivity index (χ2v) is 10.5. The molecule has 0 fully saturated rings. The maximum atomic E-state index is 12.9. The van der Waals surface area contributed by atoms with Gasteiger partial charge in [-0.2, -0.15) is 0 Å². The number of aromatic carboxylic acids is 2. The molecule has 5 N–H and O–H groups in total. The van der Waals surface area contributed by atoms with Gasteiger partial charge in [-0.1, -0.05) is 48.5 Å². The molecule has 0 bridgehead atoms. The summed E-state index contributed by atoms with van der Waals surface area (Å²) < 4.78 is 5.58. The molecular formula is C34H34N2O9. The zero-order chi connectivity index (χ0) is 32.5. The van der Waals surface area contributed by atoms with Gasteiger partial charge in [0.2, 0.25) is 0 Å². The Hall–Kier alpha value is -5.42. The Labute approximate surface area is 259 Å². The summed E-state index contributed by atoms with van der Waals surface area (Å²) in [5, 5.41) is 43.3. The van der Waals surface area contributed by atoms with Crippen LogP contribution in [0.1, 0.15) is 52.5 Å². The number of aromatic hydroxyl groups is 1. The van der Waals surface area contributed by atoms with E-state index in [9.17, 15) is 39.6 Å². The first-order chi connectivity index (χ1) is 21.6. The Kier molecular flexibility index (Phi) is 10.7. The summed E-state index contributed by atoms with van der Waals surface area (Å²) in [6, 6.07) is 21.1. The van der Waals surface area contributed by atoms with Crippen LogP contribution in [0.15, 0.2) is 78.9 Å². The first-order valence-electron chi connectivity index (χ1n) is 14.4. The number of phenols is 1. The van der Waals surface area contributed by atoms with Crippen LogP contribution in [-0.4, -0.2) is 63.4 Å². The van der Waals surface area contributed by atoms with Crippen molar-refractivity contribution in [2.75, 3.05) is 18.1 Å². The number of benzene rings is 4. The van der Waals surface area contributed by atoms with Crippen LogP contribution in [0.25, 0.3) is 10.8 Å². The number of hydrogen-bond acceptors (Lipinski definition) is 7. The van der Waals surface area contributed by atoms with Gasteiger partial charge in [0.05, 0.1) is 23.5 Å². The first kappa shape index (κ1) is 32.5. The molecule has 0 radical (unpaired) electrons. The number of carbonyl (C=O) groups is 4. The van der Waals surface area contributed by atoms with Gasteiger partial charge < -0.3 is 30.5 Å². The fourth-order valence-corrected chi connectivity index (χ4v) is 5.14. The summed E-state index contributed by atoms with van der Waals surface area (Å²) in [5.74, 6) is -5.73. The van der Waals surface area contributed by atoms with Crippen molar-refractivity contribution in [1.82, 2.24) is 5.32 Å².